The molecule has 1 N–H and O–H groups in total. The zero-order valence-corrected chi connectivity index (χ0v) is 16.1. The van der Waals surface area contributed by atoms with Crippen molar-refractivity contribution in [1.82, 2.24) is 5.43 Å². The molecule has 0 atom stereocenters. The minimum Gasteiger partial charge on any atom is -0.496 e. The number of amides is 1. The lowest BCUT2D eigenvalue weighted by molar-refractivity contribution is 0.0954. The smallest absolute Gasteiger partial charge is 0.271 e. The molecule has 2 rings (SSSR count). The van der Waals surface area contributed by atoms with Gasteiger partial charge in [-0.15, -0.1) is 0 Å². The van der Waals surface area contributed by atoms with Gasteiger partial charge in [-0.2, -0.15) is 5.10 Å². The molecule has 0 fully saturated rings. The monoisotopic (exact) mass is 458 g/mol. The van der Waals surface area contributed by atoms with E-state index in [1.165, 1.54) is 6.21 Å². The summed E-state index contributed by atoms with van der Waals surface area (Å²) in [5.41, 5.74) is 3.62. The van der Waals surface area contributed by atoms with Crippen LogP contribution in [0.25, 0.3) is 0 Å². The largest absolute Gasteiger partial charge is 0.496 e. The molecular weight excluding hydrogens is 443 g/mol. The van der Waals surface area contributed by atoms with Crippen LogP contribution in [0.15, 0.2) is 41.5 Å². The third-order valence-electron chi connectivity index (χ3n) is 3.05. The Morgan fingerprint density at radius 3 is 2.79 bits per heavy atom. The number of carbonyl (C=O) groups excluding carboxylic acids is 1. The standard InChI is InChI=1S/C17H16ClIN2O3/c1-3-24-15-7-5-13(18)8-12(15)10-20-21-17(22)11-4-6-14(19)16(9-11)23-2/h4-10H,3H2,1-2H3,(H,21,22)/b20-10+. The Hall–Kier alpha value is -1.80. The second-order valence-corrected chi connectivity index (χ2v) is 6.26. The summed E-state index contributed by atoms with van der Waals surface area (Å²) in [6.45, 7) is 2.42. The van der Waals surface area contributed by atoms with Gasteiger partial charge in [-0.05, 0) is 65.9 Å². The maximum absolute atomic E-state index is 12.2. The van der Waals surface area contributed by atoms with Gasteiger partial charge in [-0.3, -0.25) is 4.79 Å². The maximum Gasteiger partial charge on any atom is 0.271 e. The third-order valence-corrected chi connectivity index (χ3v) is 4.18. The van der Waals surface area contributed by atoms with Crippen molar-refractivity contribution < 1.29 is 14.3 Å². The topological polar surface area (TPSA) is 59.9 Å². The summed E-state index contributed by atoms with van der Waals surface area (Å²) in [5, 5.41) is 4.54. The molecule has 0 spiro atoms. The number of halogens is 2. The van der Waals surface area contributed by atoms with E-state index < -0.39 is 0 Å². The van der Waals surface area contributed by atoms with Crippen LogP contribution in [0.5, 0.6) is 11.5 Å². The Labute approximate surface area is 159 Å². The zero-order chi connectivity index (χ0) is 17.5. The van der Waals surface area contributed by atoms with Gasteiger partial charge in [-0.1, -0.05) is 11.6 Å². The number of ether oxygens (including phenoxy) is 2. The number of nitrogens with one attached hydrogen (secondary N) is 1. The fourth-order valence-electron chi connectivity index (χ4n) is 1.93. The Bertz CT molecular complexity index is 765. The molecule has 24 heavy (non-hydrogen) atoms. The van der Waals surface area contributed by atoms with E-state index in [0.717, 1.165) is 3.57 Å². The number of methoxy groups -OCH3 is 1. The fourth-order valence-corrected chi connectivity index (χ4v) is 2.67. The number of hydrazone groups is 1. The molecule has 0 aliphatic heterocycles. The molecule has 126 valence electrons. The highest BCUT2D eigenvalue weighted by atomic mass is 127. The fraction of sp³-hybridized carbons (Fsp3) is 0.176. The van der Waals surface area contributed by atoms with Gasteiger partial charge in [0.1, 0.15) is 11.5 Å². The number of nitrogens with zero attached hydrogens (tertiary/aromatic N) is 1. The van der Waals surface area contributed by atoms with Crippen LogP contribution in [0.4, 0.5) is 0 Å². The van der Waals surface area contributed by atoms with Crippen LogP contribution in [0, 0.1) is 3.57 Å². The number of hydrogen-bond donors (Lipinski definition) is 1. The van der Waals surface area contributed by atoms with E-state index in [1.54, 1.807) is 37.4 Å². The SMILES string of the molecule is CCOc1ccc(Cl)cc1/C=N/NC(=O)c1ccc(I)c(OC)c1. The highest BCUT2D eigenvalue weighted by molar-refractivity contribution is 14.1. The first-order chi connectivity index (χ1) is 11.5. The van der Waals surface area contributed by atoms with Crippen LogP contribution in [-0.2, 0) is 0 Å². The highest BCUT2D eigenvalue weighted by Crippen LogP contribution is 2.22. The normalized spacial score (nSPS) is 10.7. The van der Waals surface area contributed by atoms with Crippen LogP contribution >= 0.6 is 34.2 Å². The lowest BCUT2D eigenvalue weighted by Gasteiger charge is -2.07. The molecule has 0 saturated carbocycles. The Kier molecular flexibility index (Phi) is 6.86. The first-order valence-corrected chi connectivity index (χ1v) is 8.60. The predicted molar refractivity (Wildman–Crippen MR) is 103 cm³/mol. The van der Waals surface area contributed by atoms with E-state index >= 15 is 0 Å². The Morgan fingerprint density at radius 1 is 1.29 bits per heavy atom. The molecule has 1 amide bonds. The lowest BCUT2D eigenvalue weighted by Crippen LogP contribution is -2.17. The van der Waals surface area contributed by atoms with Crippen molar-refractivity contribution in [2.75, 3.05) is 13.7 Å². The quantitative estimate of drug-likeness (QED) is 0.402. The van der Waals surface area contributed by atoms with Crippen LogP contribution < -0.4 is 14.9 Å². The highest BCUT2D eigenvalue weighted by Gasteiger charge is 2.08. The van der Waals surface area contributed by atoms with Gasteiger partial charge >= 0.3 is 0 Å². The van der Waals surface area contributed by atoms with Gasteiger partial charge in [0.25, 0.3) is 5.91 Å². The van der Waals surface area contributed by atoms with E-state index in [1.807, 2.05) is 13.0 Å². The molecular formula is C17H16ClIN2O3. The van der Waals surface area contributed by atoms with E-state index in [-0.39, 0.29) is 5.91 Å². The van der Waals surface area contributed by atoms with Crippen molar-refractivity contribution in [2.24, 2.45) is 5.10 Å². The number of hydrogen-bond acceptors (Lipinski definition) is 4. The molecule has 0 unspecified atom stereocenters. The average molecular weight is 459 g/mol. The van der Waals surface area contributed by atoms with E-state index in [9.17, 15) is 4.79 Å². The predicted octanol–water partition coefficient (Wildman–Crippen LogP) is 4.12. The van der Waals surface area contributed by atoms with E-state index in [4.69, 9.17) is 21.1 Å². The molecule has 2 aromatic rings. The second kappa shape index (κ2) is 8.89. The first kappa shape index (κ1) is 18.5. The summed E-state index contributed by atoms with van der Waals surface area (Å²) < 4.78 is 11.6. The van der Waals surface area contributed by atoms with Crippen LogP contribution in [-0.4, -0.2) is 25.8 Å². The van der Waals surface area contributed by atoms with Crippen molar-refractivity contribution in [1.29, 1.82) is 0 Å². The molecule has 0 aliphatic carbocycles. The number of rotatable bonds is 6. The van der Waals surface area contributed by atoms with Gasteiger partial charge in [0.15, 0.2) is 0 Å². The van der Waals surface area contributed by atoms with E-state index in [0.29, 0.717) is 34.3 Å². The van der Waals surface area contributed by atoms with Gasteiger partial charge < -0.3 is 9.47 Å². The zero-order valence-electron chi connectivity index (χ0n) is 13.2. The number of carbonyl (C=O) groups is 1. The first-order valence-electron chi connectivity index (χ1n) is 7.14. The molecule has 0 heterocycles. The average Bonchev–Trinajstić information content (AvgIpc) is 2.57. The summed E-state index contributed by atoms with van der Waals surface area (Å²) in [7, 11) is 1.56. The summed E-state index contributed by atoms with van der Waals surface area (Å²) in [5.74, 6) is 0.956. The molecule has 0 bridgehead atoms. The van der Waals surface area contributed by atoms with Gasteiger partial charge in [0, 0.05) is 16.1 Å². The molecule has 0 aromatic heterocycles. The van der Waals surface area contributed by atoms with E-state index in [2.05, 4.69) is 33.1 Å². The van der Waals surface area contributed by atoms with Crippen molar-refractivity contribution in [2.45, 2.75) is 6.92 Å². The minimum absolute atomic E-state index is 0.332. The Balaban J connectivity index is 2.11. The van der Waals surface area contributed by atoms with Crippen molar-refractivity contribution >= 4 is 46.3 Å². The molecule has 7 heteroatoms. The van der Waals surface area contributed by atoms with Gasteiger partial charge in [-0.25, -0.2) is 5.43 Å². The van der Waals surface area contributed by atoms with Crippen molar-refractivity contribution in [3.8, 4) is 11.5 Å². The van der Waals surface area contributed by atoms with Crippen LogP contribution in [0.3, 0.4) is 0 Å². The van der Waals surface area contributed by atoms with Gasteiger partial charge in [0.2, 0.25) is 0 Å². The molecule has 0 radical (unpaired) electrons. The van der Waals surface area contributed by atoms with Crippen LogP contribution in [0.2, 0.25) is 5.02 Å². The van der Waals surface area contributed by atoms with Gasteiger partial charge in [0.05, 0.1) is 23.5 Å². The van der Waals surface area contributed by atoms with Crippen molar-refractivity contribution in [3.63, 3.8) is 0 Å². The second-order valence-electron chi connectivity index (χ2n) is 4.66. The van der Waals surface area contributed by atoms with Crippen LogP contribution in [0.1, 0.15) is 22.8 Å². The lowest BCUT2D eigenvalue weighted by atomic mass is 10.2. The summed E-state index contributed by atoms with van der Waals surface area (Å²) >= 11 is 8.12. The summed E-state index contributed by atoms with van der Waals surface area (Å²) in [6.07, 6.45) is 1.50. The third kappa shape index (κ3) is 4.85. The maximum atomic E-state index is 12.2. The Morgan fingerprint density at radius 2 is 2.08 bits per heavy atom. The summed E-state index contributed by atoms with van der Waals surface area (Å²) in [6, 6.07) is 10.4. The minimum atomic E-state index is -0.332. The molecule has 2 aromatic carbocycles. The molecule has 5 nitrogen and oxygen atoms in total. The molecule has 0 aliphatic rings. The number of benzene rings is 2. The molecule has 0 saturated heterocycles. The summed E-state index contributed by atoms with van der Waals surface area (Å²) in [4.78, 5) is 12.2. The van der Waals surface area contributed by atoms with Crippen molar-refractivity contribution in [3.05, 3.63) is 56.1 Å².